The van der Waals surface area contributed by atoms with Gasteiger partial charge in [-0.2, -0.15) is 31.3 Å². The van der Waals surface area contributed by atoms with Gasteiger partial charge in [-0.15, -0.1) is 0 Å². The van der Waals surface area contributed by atoms with Crippen LogP contribution in [-0.2, 0) is 0 Å². The zero-order valence-corrected chi connectivity index (χ0v) is 12.5. The number of hydrogen-bond donors (Lipinski definition) is 0. The fraction of sp³-hybridized carbons (Fsp3) is 0.750. The van der Waals surface area contributed by atoms with E-state index in [2.05, 4.69) is 34.5 Å². The van der Waals surface area contributed by atoms with E-state index in [9.17, 15) is 21.0 Å². The van der Waals surface area contributed by atoms with Crippen molar-refractivity contribution < 1.29 is 0 Å². The molecule has 2 rings (SSSR count). The Morgan fingerprint density at radius 2 is 1.09 bits per heavy atom. The van der Waals surface area contributed by atoms with Crippen LogP contribution in [0.1, 0.15) is 51.4 Å². The zero-order chi connectivity index (χ0) is 16.1. The van der Waals surface area contributed by atoms with Gasteiger partial charge in [0.15, 0.2) is 11.1 Å². The quantitative estimate of drug-likeness (QED) is 0.724. The van der Waals surface area contributed by atoms with E-state index in [-0.39, 0.29) is 0 Å². The third kappa shape index (κ3) is 2.66. The summed E-state index contributed by atoms with van der Waals surface area (Å²) in [6.45, 7) is 0. The molecule has 2 aliphatic rings. The molecule has 0 aromatic heterocycles. The number of hydrogen-bond acceptors (Lipinski definition) is 6. The van der Waals surface area contributed by atoms with Crippen LogP contribution in [0.4, 0.5) is 0 Å². The second-order valence-electron chi connectivity index (χ2n) is 6.13. The Hall–Kier alpha value is -2.44. The third-order valence-electron chi connectivity index (χ3n) is 4.86. The molecule has 22 heavy (non-hydrogen) atoms. The second kappa shape index (κ2) is 6.55. The van der Waals surface area contributed by atoms with Crippen molar-refractivity contribution in [3.05, 3.63) is 0 Å². The molecule has 0 aliphatic heterocycles. The molecule has 2 aliphatic carbocycles. The average Bonchev–Trinajstić information content (AvgIpc) is 2.60. The van der Waals surface area contributed by atoms with Crippen LogP contribution in [0, 0.1) is 57.2 Å². The van der Waals surface area contributed by atoms with Crippen molar-refractivity contribution in [3.63, 3.8) is 0 Å². The summed E-state index contributed by atoms with van der Waals surface area (Å²) < 4.78 is 0. The zero-order valence-electron chi connectivity index (χ0n) is 12.5. The van der Waals surface area contributed by atoms with Crippen LogP contribution in [0.2, 0.25) is 0 Å². The van der Waals surface area contributed by atoms with Gasteiger partial charge in [-0.3, -0.25) is 0 Å². The first-order valence-corrected chi connectivity index (χ1v) is 7.72. The minimum absolute atomic E-state index is 0.490. The molecule has 4 unspecified atom stereocenters. The smallest absolute Gasteiger partial charge is 0.183 e. The summed E-state index contributed by atoms with van der Waals surface area (Å²) in [5.74, 6) is -0.982. The largest absolute Gasteiger partial charge is 0.198 e. The highest BCUT2D eigenvalue weighted by Crippen LogP contribution is 2.41. The lowest BCUT2D eigenvalue weighted by atomic mass is 9.74. The van der Waals surface area contributed by atoms with Gasteiger partial charge in [-0.05, 0) is 38.5 Å². The van der Waals surface area contributed by atoms with Crippen molar-refractivity contribution in [2.75, 3.05) is 0 Å². The first kappa shape index (κ1) is 15.9. The van der Waals surface area contributed by atoms with Gasteiger partial charge >= 0.3 is 0 Å². The molecular weight excluding hydrogens is 276 g/mol. The molecule has 4 atom stereocenters. The number of nitrogens with zero attached hydrogens (tertiary/aromatic N) is 6. The molecule has 0 heterocycles. The highest BCUT2D eigenvalue weighted by atomic mass is 15.2. The molecule has 2 saturated carbocycles. The van der Waals surface area contributed by atoms with Gasteiger partial charge in [0.05, 0.1) is 36.1 Å². The summed E-state index contributed by atoms with van der Waals surface area (Å²) >= 11 is 0. The fourth-order valence-electron chi connectivity index (χ4n) is 3.38. The topological polar surface area (TPSA) is 120 Å². The van der Waals surface area contributed by atoms with Crippen molar-refractivity contribution in [2.45, 2.75) is 62.4 Å². The van der Waals surface area contributed by atoms with Gasteiger partial charge in [0.2, 0.25) is 0 Å². The SMILES string of the molecule is N#CC1CCCCC1(C#N)N=NC1(C#N)CCCCC1C#N. The molecular formula is C16H18N6. The maximum Gasteiger partial charge on any atom is 0.183 e. The maximum atomic E-state index is 9.55. The minimum atomic E-state index is -1.16. The molecule has 0 saturated heterocycles. The van der Waals surface area contributed by atoms with E-state index in [1.165, 1.54) is 0 Å². The van der Waals surface area contributed by atoms with Gasteiger partial charge < -0.3 is 0 Å². The van der Waals surface area contributed by atoms with Gasteiger partial charge in [0.25, 0.3) is 0 Å². The van der Waals surface area contributed by atoms with Crippen LogP contribution in [-0.4, -0.2) is 11.1 Å². The van der Waals surface area contributed by atoms with Crippen molar-refractivity contribution in [1.29, 1.82) is 21.0 Å². The summed E-state index contributed by atoms with van der Waals surface area (Å²) in [5, 5.41) is 46.1. The van der Waals surface area contributed by atoms with Crippen molar-refractivity contribution in [2.24, 2.45) is 22.1 Å². The summed E-state index contributed by atoms with van der Waals surface area (Å²) in [5.41, 5.74) is -2.32. The van der Waals surface area contributed by atoms with Crippen LogP contribution in [0.15, 0.2) is 10.2 Å². The van der Waals surface area contributed by atoms with Gasteiger partial charge in [0, 0.05) is 0 Å². The van der Waals surface area contributed by atoms with E-state index in [1.807, 2.05) is 0 Å². The van der Waals surface area contributed by atoms with Crippen LogP contribution in [0.5, 0.6) is 0 Å². The molecule has 6 nitrogen and oxygen atoms in total. The van der Waals surface area contributed by atoms with Gasteiger partial charge in [0.1, 0.15) is 0 Å². The highest BCUT2D eigenvalue weighted by Gasteiger charge is 2.46. The lowest BCUT2D eigenvalue weighted by Crippen LogP contribution is -2.40. The number of rotatable bonds is 2. The molecule has 0 radical (unpaired) electrons. The molecule has 0 spiro atoms. The molecule has 0 amide bonds. The van der Waals surface area contributed by atoms with E-state index in [0.29, 0.717) is 25.7 Å². The molecule has 0 aromatic rings. The summed E-state index contributed by atoms with van der Waals surface area (Å²) in [7, 11) is 0. The Balaban J connectivity index is 2.35. The first-order valence-electron chi connectivity index (χ1n) is 7.72. The number of azo groups is 1. The highest BCUT2D eigenvalue weighted by molar-refractivity contribution is 5.21. The monoisotopic (exact) mass is 294 g/mol. The van der Waals surface area contributed by atoms with Crippen LogP contribution in [0.25, 0.3) is 0 Å². The second-order valence-corrected chi connectivity index (χ2v) is 6.13. The normalized spacial score (nSPS) is 38.4. The number of nitriles is 4. The lowest BCUT2D eigenvalue weighted by molar-refractivity contribution is 0.249. The van der Waals surface area contributed by atoms with E-state index >= 15 is 0 Å². The molecule has 6 heteroatoms. The predicted octanol–water partition coefficient (Wildman–Crippen LogP) is 3.39. The molecule has 112 valence electrons. The predicted molar refractivity (Wildman–Crippen MR) is 76.7 cm³/mol. The Morgan fingerprint density at radius 1 is 0.682 bits per heavy atom. The molecule has 2 fully saturated rings. The summed E-state index contributed by atoms with van der Waals surface area (Å²) in [6.07, 6.45) is 5.70. The first-order chi connectivity index (χ1) is 10.7. The average molecular weight is 294 g/mol. The minimum Gasteiger partial charge on any atom is -0.198 e. The standard InChI is InChI=1S/C16H18N6/c17-9-13-5-1-3-7-15(13,11-19)21-22-16(12-20)8-4-2-6-14(16)10-18/h13-14H,1-8H2. The van der Waals surface area contributed by atoms with E-state index in [1.54, 1.807) is 0 Å². The molecule has 0 bridgehead atoms. The Morgan fingerprint density at radius 3 is 1.41 bits per heavy atom. The summed E-state index contributed by atoms with van der Waals surface area (Å²) in [4.78, 5) is 0. The van der Waals surface area contributed by atoms with Crippen molar-refractivity contribution in [3.8, 4) is 24.3 Å². The van der Waals surface area contributed by atoms with Crippen molar-refractivity contribution in [1.82, 2.24) is 0 Å². The Labute approximate surface area is 130 Å². The van der Waals surface area contributed by atoms with E-state index in [4.69, 9.17) is 0 Å². The fourth-order valence-corrected chi connectivity index (χ4v) is 3.38. The molecule has 0 N–H and O–H groups in total. The van der Waals surface area contributed by atoms with Gasteiger partial charge in [-0.1, -0.05) is 12.8 Å². The van der Waals surface area contributed by atoms with E-state index in [0.717, 1.165) is 25.7 Å². The van der Waals surface area contributed by atoms with Crippen LogP contribution >= 0.6 is 0 Å². The lowest BCUT2D eigenvalue weighted by Gasteiger charge is -2.34. The maximum absolute atomic E-state index is 9.55. The third-order valence-corrected chi connectivity index (χ3v) is 4.86. The van der Waals surface area contributed by atoms with Crippen LogP contribution in [0.3, 0.4) is 0 Å². The Kier molecular flexibility index (Phi) is 4.75. The van der Waals surface area contributed by atoms with E-state index < -0.39 is 22.9 Å². The summed E-state index contributed by atoms with van der Waals surface area (Å²) in [6, 6.07) is 8.64. The Bertz CT molecular complexity index is 559. The van der Waals surface area contributed by atoms with Gasteiger partial charge in [-0.25, -0.2) is 0 Å². The van der Waals surface area contributed by atoms with Crippen molar-refractivity contribution >= 4 is 0 Å². The molecule has 0 aromatic carbocycles. The van der Waals surface area contributed by atoms with Crippen LogP contribution < -0.4 is 0 Å².